The fourth-order valence-electron chi connectivity index (χ4n) is 2.68. The lowest BCUT2D eigenvalue weighted by Gasteiger charge is -2.26. The first kappa shape index (κ1) is 16.6. The molecule has 2 aromatic rings. The second-order valence-corrected chi connectivity index (χ2v) is 6.66. The number of carbonyl (C=O) groups is 2. The molecule has 1 fully saturated rings. The molecule has 1 N–H and O–H groups in total. The van der Waals surface area contributed by atoms with Gasteiger partial charge in [0.05, 0.1) is 0 Å². The van der Waals surface area contributed by atoms with Gasteiger partial charge in [-0.1, -0.05) is 15.9 Å². The molecule has 1 aromatic carbocycles. The highest BCUT2D eigenvalue weighted by atomic mass is 79.9. The third-order valence-electron chi connectivity index (χ3n) is 3.99. The van der Waals surface area contributed by atoms with Crippen LogP contribution in [0, 0.1) is 0 Å². The number of hydrogen-bond donors (Lipinski definition) is 1. The summed E-state index contributed by atoms with van der Waals surface area (Å²) in [4.78, 5) is 30.8. The molecule has 0 aliphatic carbocycles. The molecule has 124 valence electrons. The quantitative estimate of drug-likeness (QED) is 0.872. The summed E-state index contributed by atoms with van der Waals surface area (Å²) in [5.74, 6) is -0.361. The summed E-state index contributed by atoms with van der Waals surface area (Å²) in [6, 6.07) is 10.5. The molecule has 3 rings (SSSR count). The summed E-state index contributed by atoms with van der Waals surface area (Å²) in [5, 5.41) is 2.82. The number of piperidine rings is 1. The number of aromatic nitrogens is 1. The number of nitrogens with zero attached hydrogens (tertiary/aromatic N) is 2. The van der Waals surface area contributed by atoms with E-state index >= 15 is 0 Å². The van der Waals surface area contributed by atoms with Crippen molar-refractivity contribution in [3.63, 3.8) is 0 Å². The molecule has 0 unspecified atom stereocenters. The van der Waals surface area contributed by atoms with E-state index in [1.54, 1.807) is 12.1 Å². The molecule has 0 saturated carbocycles. The first-order valence-electron chi connectivity index (χ1n) is 7.96. The highest BCUT2D eigenvalue weighted by Crippen LogP contribution is 2.16. The molecule has 0 radical (unpaired) electrons. The second kappa shape index (κ2) is 7.57. The lowest BCUT2D eigenvalue weighted by Crippen LogP contribution is -2.36. The van der Waals surface area contributed by atoms with Gasteiger partial charge in [0.25, 0.3) is 11.8 Å². The van der Waals surface area contributed by atoms with Gasteiger partial charge in [0.15, 0.2) is 0 Å². The number of hydrogen-bond acceptors (Lipinski definition) is 3. The molecule has 2 heterocycles. The van der Waals surface area contributed by atoms with Crippen LogP contribution in [-0.4, -0.2) is 34.8 Å². The van der Waals surface area contributed by atoms with Crippen molar-refractivity contribution in [2.45, 2.75) is 19.3 Å². The maximum Gasteiger partial charge on any atom is 0.272 e. The normalized spacial score (nSPS) is 14.3. The molecular formula is C18H18BrN3O2. The van der Waals surface area contributed by atoms with Crippen molar-refractivity contribution < 1.29 is 9.59 Å². The smallest absolute Gasteiger partial charge is 0.272 e. The number of pyridine rings is 1. The van der Waals surface area contributed by atoms with E-state index in [9.17, 15) is 9.59 Å². The summed E-state index contributed by atoms with van der Waals surface area (Å²) in [6.07, 6.45) is 4.71. The largest absolute Gasteiger partial charge is 0.337 e. The van der Waals surface area contributed by atoms with E-state index in [1.165, 1.54) is 6.20 Å². The Hall–Kier alpha value is -2.21. The molecule has 24 heavy (non-hydrogen) atoms. The van der Waals surface area contributed by atoms with E-state index in [2.05, 4.69) is 26.2 Å². The van der Waals surface area contributed by atoms with Gasteiger partial charge >= 0.3 is 0 Å². The number of benzene rings is 1. The van der Waals surface area contributed by atoms with Crippen LogP contribution in [0.3, 0.4) is 0 Å². The standard InChI is InChI=1S/C18H18BrN3O2/c19-14-4-6-15(7-5-14)21-17(23)13-8-9-20-16(12-13)18(24)22-10-2-1-3-11-22/h4-9,12H,1-3,10-11H2,(H,21,23). The predicted octanol–water partition coefficient (Wildman–Crippen LogP) is 3.72. The summed E-state index contributed by atoms with van der Waals surface area (Å²) in [5.41, 5.74) is 1.44. The minimum absolute atomic E-state index is 0.104. The Bertz CT molecular complexity index is 740. The molecule has 6 heteroatoms. The van der Waals surface area contributed by atoms with Gasteiger partial charge in [0, 0.05) is 35.0 Å². The van der Waals surface area contributed by atoms with Crippen LogP contribution in [0.4, 0.5) is 5.69 Å². The van der Waals surface area contributed by atoms with Crippen molar-refractivity contribution in [2.24, 2.45) is 0 Å². The zero-order chi connectivity index (χ0) is 16.9. The maximum atomic E-state index is 12.5. The minimum Gasteiger partial charge on any atom is -0.337 e. The van der Waals surface area contributed by atoms with Gasteiger partial charge in [-0.25, -0.2) is 0 Å². The topological polar surface area (TPSA) is 62.3 Å². The van der Waals surface area contributed by atoms with Crippen LogP contribution in [0.5, 0.6) is 0 Å². The van der Waals surface area contributed by atoms with Crippen molar-refractivity contribution in [1.29, 1.82) is 0 Å². The second-order valence-electron chi connectivity index (χ2n) is 5.74. The summed E-state index contributed by atoms with van der Waals surface area (Å²) in [7, 11) is 0. The average Bonchev–Trinajstić information content (AvgIpc) is 2.64. The van der Waals surface area contributed by atoms with Gasteiger partial charge in [-0.15, -0.1) is 0 Å². The van der Waals surface area contributed by atoms with Gasteiger partial charge in [-0.3, -0.25) is 14.6 Å². The van der Waals surface area contributed by atoms with Gasteiger partial charge in [-0.05, 0) is 55.7 Å². The van der Waals surface area contributed by atoms with Crippen molar-refractivity contribution in [1.82, 2.24) is 9.88 Å². The van der Waals surface area contributed by atoms with E-state index < -0.39 is 0 Å². The number of likely N-dealkylation sites (tertiary alicyclic amines) is 1. The molecule has 1 saturated heterocycles. The summed E-state index contributed by atoms with van der Waals surface area (Å²) < 4.78 is 0.943. The molecule has 1 aliphatic heterocycles. The number of rotatable bonds is 3. The SMILES string of the molecule is O=C(Nc1ccc(Br)cc1)c1ccnc(C(=O)N2CCCCC2)c1. The summed E-state index contributed by atoms with van der Waals surface area (Å²) in [6.45, 7) is 1.52. The van der Waals surface area contributed by atoms with Gasteiger partial charge < -0.3 is 10.2 Å². The molecule has 2 amide bonds. The van der Waals surface area contributed by atoms with Gasteiger partial charge in [-0.2, -0.15) is 0 Å². The van der Waals surface area contributed by atoms with Crippen LogP contribution in [0.2, 0.25) is 0 Å². The number of nitrogens with one attached hydrogen (secondary N) is 1. The van der Waals surface area contributed by atoms with E-state index in [4.69, 9.17) is 0 Å². The number of amides is 2. The first-order chi connectivity index (χ1) is 11.6. The van der Waals surface area contributed by atoms with Crippen LogP contribution in [-0.2, 0) is 0 Å². The van der Waals surface area contributed by atoms with Crippen LogP contribution >= 0.6 is 15.9 Å². The van der Waals surface area contributed by atoms with Crippen molar-refractivity contribution in [2.75, 3.05) is 18.4 Å². The van der Waals surface area contributed by atoms with Crippen LogP contribution in [0.25, 0.3) is 0 Å². The van der Waals surface area contributed by atoms with Crippen LogP contribution in [0.1, 0.15) is 40.1 Å². The molecule has 0 bridgehead atoms. The molecule has 0 spiro atoms. The minimum atomic E-state index is -0.257. The molecule has 1 aliphatic rings. The van der Waals surface area contributed by atoms with E-state index in [1.807, 2.05) is 29.2 Å². The fourth-order valence-corrected chi connectivity index (χ4v) is 2.95. The highest BCUT2D eigenvalue weighted by molar-refractivity contribution is 9.10. The third kappa shape index (κ3) is 4.00. The van der Waals surface area contributed by atoms with Crippen molar-refractivity contribution >= 4 is 33.4 Å². The molecule has 0 atom stereocenters. The predicted molar refractivity (Wildman–Crippen MR) is 96.1 cm³/mol. The lowest BCUT2D eigenvalue weighted by molar-refractivity contribution is 0.0718. The van der Waals surface area contributed by atoms with Crippen molar-refractivity contribution in [3.05, 3.63) is 58.3 Å². The maximum absolute atomic E-state index is 12.5. The Kier molecular flexibility index (Phi) is 5.25. The Labute approximate surface area is 149 Å². The zero-order valence-electron chi connectivity index (χ0n) is 13.2. The molecular weight excluding hydrogens is 370 g/mol. The average molecular weight is 388 g/mol. The Morgan fingerprint density at radius 1 is 1.04 bits per heavy atom. The summed E-state index contributed by atoms with van der Waals surface area (Å²) >= 11 is 3.36. The van der Waals surface area contributed by atoms with Gasteiger partial charge in [0.2, 0.25) is 0 Å². The Morgan fingerprint density at radius 3 is 2.46 bits per heavy atom. The first-order valence-corrected chi connectivity index (χ1v) is 8.75. The number of carbonyl (C=O) groups excluding carboxylic acids is 2. The van der Waals surface area contributed by atoms with Crippen LogP contribution in [0.15, 0.2) is 47.1 Å². The van der Waals surface area contributed by atoms with Crippen molar-refractivity contribution in [3.8, 4) is 0 Å². The van der Waals surface area contributed by atoms with E-state index in [-0.39, 0.29) is 11.8 Å². The van der Waals surface area contributed by atoms with Gasteiger partial charge in [0.1, 0.15) is 5.69 Å². The number of halogens is 1. The third-order valence-corrected chi connectivity index (χ3v) is 4.52. The zero-order valence-corrected chi connectivity index (χ0v) is 14.8. The number of anilines is 1. The van der Waals surface area contributed by atoms with E-state index in [0.29, 0.717) is 16.9 Å². The monoisotopic (exact) mass is 387 g/mol. The fraction of sp³-hybridized carbons (Fsp3) is 0.278. The highest BCUT2D eigenvalue weighted by Gasteiger charge is 2.20. The molecule has 1 aromatic heterocycles. The Morgan fingerprint density at radius 2 is 1.75 bits per heavy atom. The lowest BCUT2D eigenvalue weighted by atomic mass is 10.1. The van der Waals surface area contributed by atoms with E-state index in [0.717, 1.165) is 36.8 Å². The Balaban J connectivity index is 1.73. The van der Waals surface area contributed by atoms with Crippen LogP contribution < -0.4 is 5.32 Å². The molecule has 5 nitrogen and oxygen atoms in total.